The molecule has 112 valence electrons. The van der Waals surface area contributed by atoms with Gasteiger partial charge in [0, 0.05) is 47.2 Å². The van der Waals surface area contributed by atoms with Crippen molar-refractivity contribution in [2.24, 2.45) is 5.73 Å². The Morgan fingerprint density at radius 2 is 2.14 bits per heavy atom. The monoisotopic (exact) mass is 313 g/mol. The summed E-state index contributed by atoms with van der Waals surface area (Å²) in [5.41, 5.74) is 10.1. The number of aromatic amines is 1. The third kappa shape index (κ3) is 2.31. The first-order chi connectivity index (χ1) is 10.7. The Hall–Kier alpha value is -1.82. The van der Waals surface area contributed by atoms with Gasteiger partial charge in [-0.1, -0.05) is 6.07 Å². The lowest BCUT2D eigenvalue weighted by Gasteiger charge is -2.10. The van der Waals surface area contributed by atoms with E-state index in [-0.39, 0.29) is 5.82 Å². The summed E-state index contributed by atoms with van der Waals surface area (Å²) in [5, 5.41) is 1.05. The van der Waals surface area contributed by atoms with Crippen LogP contribution in [0.4, 0.5) is 4.39 Å². The molecule has 0 spiro atoms. The van der Waals surface area contributed by atoms with Crippen molar-refractivity contribution in [2.75, 3.05) is 13.1 Å². The molecule has 3 aromatic rings. The van der Waals surface area contributed by atoms with Crippen molar-refractivity contribution in [2.45, 2.75) is 11.4 Å². The average molecular weight is 313 g/mol. The Balaban J connectivity index is 1.73. The Labute approximate surface area is 132 Å². The highest BCUT2D eigenvalue weighted by Gasteiger charge is 2.20. The van der Waals surface area contributed by atoms with E-state index in [9.17, 15) is 4.39 Å². The highest BCUT2D eigenvalue weighted by atomic mass is 32.2. The average Bonchev–Trinajstić information content (AvgIpc) is 3.09. The van der Waals surface area contributed by atoms with Crippen LogP contribution in [0, 0.1) is 5.82 Å². The maximum absolute atomic E-state index is 13.3. The largest absolute Gasteiger partial charge is 0.360 e. The number of fused-ring (bicyclic) bond motifs is 2. The van der Waals surface area contributed by atoms with Crippen LogP contribution in [0.2, 0.25) is 0 Å². The molecule has 2 heterocycles. The van der Waals surface area contributed by atoms with Gasteiger partial charge < -0.3 is 10.7 Å². The minimum atomic E-state index is -0.219. The Morgan fingerprint density at radius 3 is 3.00 bits per heavy atom. The SMILES string of the molecule is NCCN1Cc2cc(-c3c[nH]c4cc(F)ccc34)ccc2S1. The summed E-state index contributed by atoms with van der Waals surface area (Å²) in [6, 6.07) is 11.4. The van der Waals surface area contributed by atoms with Gasteiger partial charge >= 0.3 is 0 Å². The lowest BCUT2D eigenvalue weighted by molar-refractivity contribution is 0.490. The zero-order valence-electron chi connectivity index (χ0n) is 12.0. The summed E-state index contributed by atoms with van der Waals surface area (Å²) in [6.07, 6.45) is 1.95. The summed E-state index contributed by atoms with van der Waals surface area (Å²) in [6.45, 7) is 2.48. The predicted molar refractivity (Wildman–Crippen MR) is 89.0 cm³/mol. The molecule has 0 radical (unpaired) electrons. The fourth-order valence-electron chi connectivity index (χ4n) is 2.93. The predicted octanol–water partition coefficient (Wildman–Crippen LogP) is 3.76. The molecule has 0 atom stereocenters. The molecule has 3 nitrogen and oxygen atoms in total. The van der Waals surface area contributed by atoms with Gasteiger partial charge in [-0.25, -0.2) is 8.70 Å². The number of H-pyrrole nitrogens is 1. The van der Waals surface area contributed by atoms with Crippen LogP contribution >= 0.6 is 11.9 Å². The second-order valence-electron chi connectivity index (χ2n) is 5.46. The smallest absolute Gasteiger partial charge is 0.125 e. The topological polar surface area (TPSA) is 45.0 Å². The van der Waals surface area contributed by atoms with E-state index in [1.54, 1.807) is 11.9 Å². The van der Waals surface area contributed by atoms with Crippen LogP contribution in [-0.2, 0) is 6.54 Å². The summed E-state index contributed by atoms with van der Waals surface area (Å²) < 4.78 is 15.6. The molecule has 0 aliphatic carbocycles. The van der Waals surface area contributed by atoms with Crippen LogP contribution in [-0.4, -0.2) is 22.4 Å². The number of hydrogen-bond donors (Lipinski definition) is 2. The van der Waals surface area contributed by atoms with Gasteiger partial charge in [-0.15, -0.1) is 0 Å². The standard InChI is InChI=1S/C17H16FN3S/c18-13-2-3-14-15(9-20-16(14)8-13)11-1-4-17-12(7-11)10-21(22-17)6-5-19/h1-4,7-9,20H,5-6,10,19H2. The van der Waals surface area contributed by atoms with Crippen molar-refractivity contribution in [1.82, 2.24) is 9.29 Å². The van der Waals surface area contributed by atoms with Gasteiger partial charge in [-0.3, -0.25) is 0 Å². The molecule has 0 saturated heterocycles. The van der Waals surface area contributed by atoms with Crippen LogP contribution in [0.15, 0.2) is 47.5 Å². The van der Waals surface area contributed by atoms with Crippen LogP contribution in [0.3, 0.4) is 0 Å². The van der Waals surface area contributed by atoms with Crippen LogP contribution in [0.25, 0.3) is 22.0 Å². The van der Waals surface area contributed by atoms with Crippen LogP contribution < -0.4 is 5.73 Å². The number of aromatic nitrogens is 1. The number of rotatable bonds is 3. The second kappa shape index (κ2) is 5.43. The van der Waals surface area contributed by atoms with Crippen molar-refractivity contribution < 1.29 is 4.39 Å². The van der Waals surface area contributed by atoms with Crippen molar-refractivity contribution in [3.63, 3.8) is 0 Å². The van der Waals surface area contributed by atoms with Gasteiger partial charge in [0.25, 0.3) is 0 Å². The minimum absolute atomic E-state index is 0.219. The summed E-state index contributed by atoms with van der Waals surface area (Å²) in [4.78, 5) is 4.45. The van der Waals surface area contributed by atoms with Gasteiger partial charge in [-0.05, 0) is 53.4 Å². The molecule has 0 amide bonds. The second-order valence-corrected chi connectivity index (χ2v) is 6.60. The summed E-state index contributed by atoms with van der Waals surface area (Å²) in [5.74, 6) is -0.219. The normalized spacial score (nSPS) is 14.6. The molecule has 1 aliphatic rings. The highest BCUT2D eigenvalue weighted by molar-refractivity contribution is 7.97. The Bertz CT molecular complexity index is 843. The van der Waals surface area contributed by atoms with E-state index >= 15 is 0 Å². The number of halogens is 1. The first kappa shape index (κ1) is 13.8. The summed E-state index contributed by atoms with van der Waals surface area (Å²) in [7, 11) is 0. The van der Waals surface area contributed by atoms with E-state index in [1.807, 2.05) is 12.3 Å². The molecule has 2 aromatic carbocycles. The zero-order valence-corrected chi connectivity index (χ0v) is 12.8. The molecule has 0 fully saturated rings. The summed E-state index contributed by atoms with van der Waals surface area (Å²) >= 11 is 1.77. The van der Waals surface area contributed by atoms with Gasteiger partial charge in [0.2, 0.25) is 0 Å². The fraction of sp³-hybridized carbons (Fsp3) is 0.176. The molecule has 1 aromatic heterocycles. The molecule has 22 heavy (non-hydrogen) atoms. The Kier molecular flexibility index (Phi) is 3.41. The fourth-order valence-corrected chi connectivity index (χ4v) is 3.98. The molecule has 1 aliphatic heterocycles. The van der Waals surface area contributed by atoms with E-state index in [4.69, 9.17) is 5.73 Å². The van der Waals surface area contributed by atoms with E-state index in [0.717, 1.165) is 35.1 Å². The van der Waals surface area contributed by atoms with E-state index in [1.165, 1.54) is 22.6 Å². The molecular formula is C17H16FN3S. The van der Waals surface area contributed by atoms with Gasteiger partial charge in [0.1, 0.15) is 5.82 Å². The van der Waals surface area contributed by atoms with Crippen molar-refractivity contribution >= 4 is 22.9 Å². The Morgan fingerprint density at radius 1 is 1.23 bits per heavy atom. The molecule has 0 saturated carbocycles. The van der Waals surface area contributed by atoms with Crippen LogP contribution in [0.5, 0.6) is 0 Å². The zero-order chi connectivity index (χ0) is 15.1. The van der Waals surface area contributed by atoms with E-state index < -0.39 is 0 Å². The molecule has 0 unspecified atom stereocenters. The molecule has 0 bridgehead atoms. The lowest BCUT2D eigenvalue weighted by atomic mass is 10.0. The minimum Gasteiger partial charge on any atom is -0.360 e. The van der Waals surface area contributed by atoms with Gasteiger partial charge in [0.15, 0.2) is 0 Å². The quantitative estimate of drug-likeness (QED) is 0.724. The highest BCUT2D eigenvalue weighted by Crippen LogP contribution is 2.39. The first-order valence-electron chi connectivity index (χ1n) is 7.27. The van der Waals surface area contributed by atoms with Crippen molar-refractivity contribution in [3.05, 3.63) is 54.0 Å². The molecule has 4 rings (SSSR count). The third-order valence-electron chi connectivity index (χ3n) is 3.97. The molecule has 5 heteroatoms. The number of nitrogens with one attached hydrogen (secondary N) is 1. The van der Waals surface area contributed by atoms with Crippen LogP contribution in [0.1, 0.15) is 5.56 Å². The third-order valence-corrected chi connectivity index (χ3v) is 5.13. The number of nitrogens with zero attached hydrogens (tertiary/aromatic N) is 1. The number of nitrogens with two attached hydrogens (primary N) is 1. The van der Waals surface area contributed by atoms with Gasteiger partial charge in [-0.2, -0.15) is 0 Å². The molecular weight excluding hydrogens is 297 g/mol. The van der Waals surface area contributed by atoms with Crippen molar-refractivity contribution in [1.29, 1.82) is 0 Å². The first-order valence-corrected chi connectivity index (χ1v) is 8.05. The molecule has 3 N–H and O–H groups in total. The number of benzene rings is 2. The maximum atomic E-state index is 13.3. The number of hydrogen-bond acceptors (Lipinski definition) is 3. The van der Waals surface area contributed by atoms with Crippen molar-refractivity contribution in [3.8, 4) is 11.1 Å². The maximum Gasteiger partial charge on any atom is 0.125 e. The van der Waals surface area contributed by atoms with E-state index in [2.05, 4.69) is 27.5 Å². The van der Waals surface area contributed by atoms with Gasteiger partial charge in [0.05, 0.1) is 0 Å². The van der Waals surface area contributed by atoms with E-state index in [0.29, 0.717) is 6.54 Å². The lowest BCUT2D eigenvalue weighted by Crippen LogP contribution is -2.19.